The highest BCUT2D eigenvalue weighted by Gasteiger charge is 2.13. The quantitative estimate of drug-likeness (QED) is 0.811. The molecule has 2 aromatic heterocycles. The first-order valence-corrected chi connectivity index (χ1v) is 5.22. The lowest BCUT2D eigenvalue weighted by Gasteiger charge is -2.05. The summed E-state index contributed by atoms with van der Waals surface area (Å²) in [5.41, 5.74) is 7.00. The van der Waals surface area contributed by atoms with Crippen LogP contribution in [0.15, 0.2) is 33.4 Å². The number of thiophene rings is 1. The standard InChI is InChI=1S/C10H11NO2S/c11-10(7-3-4-14-6-7)9-2-1-8(5-12)13-9/h1-4,6,10,12H,5,11H2/t10-/m0/s1. The third-order valence-electron chi connectivity index (χ3n) is 2.05. The summed E-state index contributed by atoms with van der Waals surface area (Å²) in [5, 5.41) is 12.8. The summed E-state index contributed by atoms with van der Waals surface area (Å²) in [7, 11) is 0. The van der Waals surface area contributed by atoms with Crippen molar-refractivity contribution in [3.8, 4) is 0 Å². The van der Waals surface area contributed by atoms with Crippen LogP contribution in [0.2, 0.25) is 0 Å². The average molecular weight is 209 g/mol. The van der Waals surface area contributed by atoms with Crippen LogP contribution in [0, 0.1) is 0 Å². The van der Waals surface area contributed by atoms with Crippen LogP contribution in [0.1, 0.15) is 23.1 Å². The second-order valence-electron chi connectivity index (χ2n) is 3.00. The van der Waals surface area contributed by atoms with E-state index in [0.29, 0.717) is 11.5 Å². The van der Waals surface area contributed by atoms with Crippen molar-refractivity contribution >= 4 is 11.3 Å². The third kappa shape index (κ3) is 1.72. The zero-order valence-electron chi connectivity index (χ0n) is 7.51. The Kier molecular flexibility index (Phi) is 2.67. The van der Waals surface area contributed by atoms with Crippen molar-refractivity contribution in [1.29, 1.82) is 0 Å². The van der Waals surface area contributed by atoms with Gasteiger partial charge in [-0.2, -0.15) is 11.3 Å². The Hall–Kier alpha value is -1.10. The molecule has 0 saturated carbocycles. The van der Waals surface area contributed by atoms with Gasteiger partial charge in [0.2, 0.25) is 0 Å². The van der Waals surface area contributed by atoms with Gasteiger partial charge in [-0.05, 0) is 34.5 Å². The molecule has 0 aliphatic rings. The molecule has 4 heteroatoms. The molecule has 74 valence electrons. The summed E-state index contributed by atoms with van der Waals surface area (Å²) < 4.78 is 5.35. The first kappa shape index (κ1) is 9.45. The second kappa shape index (κ2) is 3.96. The van der Waals surface area contributed by atoms with Gasteiger partial charge in [0.1, 0.15) is 18.1 Å². The number of aliphatic hydroxyl groups excluding tert-OH is 1. The van der Waals surface area contributed by atoms with Gasteiger partial charge in [0, 0.05) is 0 Å². The maximum Gasteiger partial charge on any atom is 0.129 e. The van der Waals surface area contributed by atoms with Crippen molar-refractivity contribution in [2.45, 2.75) is 12.6 Å². The molecule has 0 aliphatic heterocycles. The van der Waals surface area contributed by atoms with Gasteiger partial charge in [0.05, 0.1) is 6.04 Å². The van der Waals surface area contributed by atoms with Crippen molar-refractivity contribution in [1.82, 2.24) is 0 Å². The van der Waals surface area contributed by atoms with Crippen LogP contribution >= 0.6 is 11.3 Å². The molecular formula is C10H11NO2S. The highest BCUT2D eigenvalue weighted by atomic mass is 32.1. The molecule has 2 heterocycles. The highest BCUT2D eigenvalue weighted by Crippen LogP contribution is 2.23. The van der Waals surface area contributed by atoms with Gasteiger partial charge in [-0.1, -0.05) is 0 Å². The van der Waals surface area contributed by atoms with Gasteiger partial charge in [0.15, 0.2) is 0 Å². The zero-order chi connectivity index (χ0) is 9.97. The maximum atomic E-state index is 8.83. The summed E-state index contributed by atoms with van der Waals surface area (Å²) in [5.74, 6) is 1.23. The van der Waals surface area contributed by atoms with Crippen molar-refractivity contribution < 1.29 is 9.52 Å². The number of rotatable bonds is 3. The lowest BCUT2D eigenvalue weighted by molar-refractivity contribution is 0.242. The third-order valence-corrected chi connectivity index (χ3v) is 2.75. The average Bonchev–Trinajstić information content (AvgIpc) is 2.88. The molecular weight excluding hydrogens is 198 g/mol. The maximum absolute atomic E-state index is 8.83. The first-order chi connectivity index (χ1) is 6.81. The van der Waals surface area contributed by atoms with Crippen LogP contribution in [0.5, 0.6) is 0 Å². The Morgan fingerprint density at radius 2 is 2.29 bits per heavy atom. The largest absolute Gasteiger partial charge is 0.462 e. The monoisotopic (exact) mass is 209 g/mol. The van der Waals surface area contributed by atoms with E-state index in [2.05, 4.69) is 0 Å². The van der Waals surface area contributed by atoms with Gasteiger partial charge >= 0.3 is 0 Å². The Labute approximate surface area is 85.8 Å². The molecule has 0 amide bonds. The first-order valence-electron chi connectivity index (χ1n) is 4.28. The summed E-state index contributed by atoms with van der Waals surface area (Å²) in [6.07, 6.45) is 0. The number of furan rings is 1. The van der Waals surface area contributed by atoms with Crippen LogP contribution in [0.3, 0.4) is 0 Å². The minimum Gasteiger partial charge on any atom is -0.462 e. The van der Waals surface area contributed by atoms with E-state index >= 15 is 0 Å². The van der Waals surface area contributed by atoms with E-state index in [-0.39, 0.29) is 12.6 Å². The van der Waals surface area contributed by atoms with Crippen molar-refractivity contribution in [2.75, 3.05) is 0 Å². The molecule has 0 unspecified atom stereocenters. The minimum absolute atomic E-state index is 0.0869. The fraction of sp³-hybridized carbons (Fsp3) is 0.200. The Bertz CT molecular complexity index is 394. The van der Waals surface area contributed by atoms with E-state index in [1.165, 1.54) is 0 Å². The van der Waals surface area contributed by atoms with Crippen LogP contribution in [-0.4, -0.2) is 5.11 Å². The van der Waals surface area contributed by atoms with Crippen molar-refractivity contribution in [3.63, 3.8) is 0 Å². The lowest BCUT2D eigenvalue weighted by atomic mass is 10.1. The zero-order valence-corrected chi connectivity index (χ0v) is 8.33. The van der Waals surface area contributed by atoms with Crippen LogP contribution in [0.4, 0.5) is 0 Å². The summed E-state index contributed by atoms with van der Waals surface area (Å²) in [6.45, 7) is -0.0869. The van der Waals surface area contributed by atoms with Gasteiger partial charge in [0.25, 0.3) is 0 Å². The molecule has 0 saturated heterocycles. The van der Waals surface area contributed by atoms with Crippen LogP contribution in [-0.2, 0) is 6.61 Å². The minimum atomic E-state index is -0.235. The van der Waals surface area contributed by atoms with Crippen molar-refractivity contribution in [3.05, 3.63) is 46.0 Å². The summed E-state index contributed by atoms with van der Waals surface area (Å²) >= 11 is 1.60. The van der Waals surface area contributed by atoms with Gasteiger partial charge in [-0.3, -0.25) is 0 Å². The fourth-order valence-electron chi connectivity index (χ4n) is 1.26. The van der Waals surface area contributed by atoms with E-state index in [4.69, 9.17) is 15.3 Å². The Morgan fingerprint density at radius 1 is 1.43 bits per heavy atom. The van der Waals surface area contributed by atoms with Crippen LogP contribution < -0.4 is 5.73 Å². The van der Waals surface area contributed by atoms with E-state index in [9.17, 15) is 0 Å². The van der Waals surface area contributed by atoms with Gasteiger partial charge in [-0.15, -0.1) is 0 Å². The molecule has 1 atom stereocenters. The fourth-order valence-corrected chi connectivity index (χ4v) is 1.96. The highest BCUT2D eigenvalue weighted by molar-refractivity contribution is 7.07. The SMILES string of the molecule is N[C@@H](c1ccsc1)c1ccc(CO)o1. The predicted octanol–water partition coefficient (Wildman–Crippen LogP) is 1.88. The molecule has 3 N–H and O–H groups in total. The Balaban J connectivity index is 2.23. The van der Waals surface area contributed by atoms with Crippen molar-refractivity contribution in [2.24, 2.45) is 5.73 Å². The summed E-state index contributed by atoms with van der Waals surface area (Å²) in [6, 6.07) is 5.27. The predicted molar refractivity (Wildman–Crippen MR) is 55.0 cm³/mol. The van der Waals surface area contributed by atoms with E-state index in [1.807, 2.05) is 16.8 Å². The Morgan fingerprint density at radius 3 is 2.86 bits per heavy atom. The lowest BCUT2D eigenvalue weighted by Crippen LogP contribution is -2.09. The molecule has 2 rings (SSSR count). The molecule has 0 aromatic carbocycles. The molecule has 0 radical (unpaired) electrons. The van der Waals surface area contributed by atoms with Gasteiger partial charge < -0.3 is 15.3 Å². The molecule has 0 bridgehead atoms. The normalized spacial score (nSPS) is 13.0. The van der Waals surface area contributed by atoms with Crippen LogP contribution in [0.25, 0.3) is 0 Å². The molecule has 14 heavy (non-hydrogen) atoms. The molecule has 3 nitrogen and oxygen atoms in total. The van der Waals surface area contributed by atoms with Gasteiger partial charge in [-0.25, -0.2) is 0 Å². The number of aliphatic hydroxyl groups is 1. The molecule has 0 aliphatic carbocycles. The summed E-state index contributed by atoms with van der Waals surface area (Å²) in [4.78, 5) is 0. The van der Waals surface area contributed by atoms with E-state index < -0.39 is 0 Å². The second-order valence-corrected chi connectivity index (χ2v) is 3.78. The molecule has 0 fully saturated rings. The topological polar surface area (TPSA) is 59.4 Å². The number of hydrogen-bond donors (Lipinski definition) is 2. The molecule has 0 spiro atoms. The van der Waals surface area contributed by atoms with E-state index in [1.54, 1.807) is 23.5 Å². The molecule has 2 aromatic rings. The number of hydrogen-bond acceptors (Lipinski definition) is 4. The van der Waals surface area contributed by atoms with E-state index in [0.717, 1.165) is 5.56 Å². The number of nitrogens with two attached hydrogens (primary N) is 1. The smallest absolute Gasteiger partial charge is 0.129 e.